The van der Waals surface area contributed by atoms with E-state index in [1.165, 1.54) is 0 Å². The number of hydrogen-bond acceptors (Lipinski definition) is 5. The average molecular weight is 331 g/mol. The highest BCUT2D eigenvalue weighted by molar-refractivity contribution is 7.89. The minimum Gasteiger partial charge on any atom is -0.373 e. The standard InChI is InChI=1S/C15H29N3O3S/c1-3-22(19,20)18-6-4-15(5-7-18)12-14(13-21-15)17-10-8-16(2)9-11-17/h14H,3-13H2,1-2H3/t14-/m0/s1. The molecule has 0 N–H and O–H groups in total. The van der Waals surface area contributed by atoms with Crippen molar-refractivity contribution in [3.63, 3.8) is 0 Å². The van der Waals surface area contributed by atoms with Gasteiger partial charge in [0.25, 0.3) is 0 Å². The van der Waals surface area contributed by atoms with Gasteiger partial charge in [0.05, 0.1) is 18.0 Å². The lowest BCUT2D eigenvalue weighted by molar-refractivity contribution is -0.0319. The molecule has 0 unspecified atom stereocenters. The van der Waals surface area contributed by atoms with Crippen molar-refractivity contribution in [3.05, 3.63) is 0 Å². The molecule has 7 heteroatoms. The Balaban J connectivity index is 1.55. The predicted molar refractivity (Wildman–Crippen MR) is 86.4 cm³/mol. The number of piperazine rings is 1. The highest BCUT2D eigenvalue weighted by atomic mass is 32.2. The number of sulfonamides is 1. The molecular weight excluding hydrogens is 302 g/mol. The third kappa shape index (κ3) is 3.33. The van der Waals surface area contributed by atoms with Crippen molar-refractivity contribution in [3.8, 4) is 0 Å². The van der Waals surface area contributed by atoms with Crippen molar-refractivity contribution >= 4 is 10.0 Å². The summed E-state index contributed by atoms with van der Waals surface area (Å²) in [6.07, 6.45) is 2.75. The number of ether oxygens (including phenoxy) is 1. The van der Waals surface area contributed by atoms with E-state index >= 15 is 0 Å². The van der Waals surface area contributed by atoms with Crippen LogP contribution in [0.3, 0.4) is 0 Å². The van der Waals surface area contributed by atoms with Gasteiger partial charge in [-0.1, -0.05) is 0 Å². The summed E-state index contributed by atoms with van der Waals surface area (Å²) in [7, 11) is -0.871. The second kappa shape index (κ2) is 6.36. The summed E-state index contributed by atoms with van der Waals surface area (Å²) in [4.78, 5) is 4.93. The fourth-order valence-electron chi connectivity index (χ4n) is 3.94. The van der Waals surface area contributed by atoms with E-state index < -0.39 is 10.0 Å². The normalized spacial score (nSPS) is 31.8. The zero-order chi connectivity index (χ0) is 15.8. The molecule has 3 aliphatic rings. The molecule has 3 heterocycles. The molecule has 0 aromatic rings. The maximum absolute atomic E-state index is 12.0. The molecule has 3 rings (SSSR count). The molecule has 128 valence electrons. The molecular formula is C15H29N3O3S. The first-order chi connectivity index (χ1) is 10.4. The molecule has 0 aromatic heterocycles. The van der Waals surface area contributed by atoms with E-state index in [-0.39, 0.29) is 11.4 Å². The summed E-state index contributed by atoms with van der Waals surface area (Å²) in [5.41, 5.74) is -0.0756. The van der Waals surface area contributed by atoms with Gasteiger partial charge in [-0.15, -0.1) is 0 Å². The van der Waals surface area contributed by atoms with Gasteiger partial charge in [-0.2, -0.15) is 0 Å². The van der Waals surface area contributed by atoms with Crippen LogP contribution in [0.2, 0.25) is 0 Å². The molecule has 0 bridgehead atoms. The van der Waals surface area contributed by atoms with Crippen molar-refractivity contribution in [1.29, 1.82) is 0 Å². The smallest absolute Gasteiger partial charge is 0.213 e. The Bertz CT molecular complexity index is 480. The SMILES string of the molecule is CCS(=O)(=O)N1CCC2(CC1)C[C@H](N1CCN(C)CC1)CO2. The van der Waals surface area contributed by atoms with Gasteiger partial charge < -0.3 is 9.64 Å². The summed E-state index contributed by atoms with van der Waals surface area (Å²) in [5.74, 6) is 0.199. The van der Waals surface area contributed by atoms with Crippen LogP contribution in [0.25, 0.3) is 0 Å². The molecule has 0 aromatic carbocycles. The summed E-state index contributed by atoms with van der Waals surface area (Å²) in [6, 6.07) is 0.517. The van der Waals surface area contributed by atoms with Crippen LogP contribution in [0.1, 0.15) is 26.2 Å². The topological polar surface area (TPSA) is 53.1 Å². The molecule has 6 nitrogen and oxygen atoms in total. The number of nitrogens with zero attached hydrogens (tertiary/aromatic N) is 3. The third-order valence-corrected chi connectivity index (χ3v) is 7.52. The van der Waals surface area contributed by atoms with Crippen molar-refractivity contribution < 1.29 is 13.2 Å². The summed E-state index contributed by atoms with van der Waals surface area (Å²) >= 11 is 0. The molecule has 3 saturated heterocycles. The highest BCUT2D eigenvalue weighted by Crippen LogP contribution is 2.38. The van der Waals surface area contributed by atoms with Crippen LogP contribution < -0.4 is 0 Å². The molecule has 22 heavy (non-hydrogen) atoms. The van der Waals surface area contributed by atoms with Crippen LogP contribution in [0.5, 0.6) is 0 Å². The molecule has 0 radical (unpaired) electrons. The number of likely N-dealkylation sites (N-methyl/N-ethyl adjacent to an activating group) is 1. The van der Waals surface area contributed by atoms with Crippen LogP contribution in [0.4, 0.5) is 0 Å². The van der Waals surface area contributed by atoms with E-state index in [4.69, 9.17) is 4.74 Å². The second-order valence-electron chi connectivity index (χ2n) is 6.99. The largest absolute Gasteiger partial charge is 0.373 e. The number of hydrogen-bond donors (Lipinski definition) is 0. The van der Waals surface area contributed by atoms with Gasteiger partial charge in [-0.3, -0.25) is 4.90 Å². The fourth-order valence-corrected chi connectivity index (χ4v) is 5.05. The van der Waals surface area contributed by atoms with E-state index in [2.05, 4.69) is 16.8 Å². The maximum atomic E-state index is 12.0. The zero-order valence-corrected chi connectivity index (χ0v) is 14.6. The van der Waals surface area contributed by atoms with Gasteiger partial charge in [0.15, 0.2) is 0 Å². The van der Waals surface area contributed by atoms with Crippen LogP contribution >= 0.6 is 0 Å². The number of rotatable bonds is 3. The van der Waals surface area contributed by atoms with Crippen molar-refractivity contribution in [2.75, 3.05) is 58.7 Å². The molecule has 0 amide bonds. The Kier molecular flexibility index (Phi) is 4.81. The van der Waals surface area contributed by atoms with Gasteiger partial charge >= 0.3 is 0 Å². The Labute approximate surface area is 134 Å². The van der Waals surface area contributed by atoms with E-state index in [0.717, 1.165) is 52.0 Å². The van der Waals surface area contributed by atoms with Gasteiger partial charge in [0.2, 0.25) is 10.0 Å². The summed E-state index contributed by atoms with van der Waals surface area (Å²) in [6.45, 7) is 8.27. The predicted octanol–water partition coefficient (Wildman–Crippen LogP) is 0.207. The van der Waals surface area contributed by atoms with E-state index in [1.807, 2.05) is 0 Å². The highest BCUT2D eigenvalue weighted by Gasteiger charge is 2.45. The van der Waals surface area contributed by atoms with Crippen LogP contribution in [0.15, 0.2) is 0 Å². The minimum atomic E-state index is -3.05. The Hall–Kier alpha value is -0.210. The average Bonchev–Trinajstić information content (AvgIpc) is 2.92. The second-order valence-corrected chi connectivity index (χ2v) is 9.25. The molecule has 0 saturated carbocycles. The lowest BCUT2D eigenvalue weighted by atomic mass is 9.88. The molecule has 0 aliphatic carbocycles. The van der Waals surface area contributed by atoms with Crippen LogP contribution in [0, 0.1) is 0 Å². The fraction of sp³-hybridized carbons (Fsp3) is 1.00. The van der Waals surface area contributed by atoms with Crippen LogP contribution in [-0.2, 0) is 14.8 Å². The first-order valence-corrected chi connectivity index (χ1v) is 10.1. The van der Waals surface area contributed by atoms with Gasteiger partial charge in [0.1, 0.15) is 0 Å². The Morgan fingerprint density at radius 1 is 1.09 bits per heavy atom. The first kappa shape index (κ1) is 16.6. The summed E-state index contributed by atoms with van der Waals surface area (Å²) < 4.78 is 31.8. The van der Waals surface area contributed by atoms with E-state index in [9.17, 15) is 8.42 Å². The molecule has 1 spiro atoms. The molecule has 3 aliphatic heterocycles. The Morgan fingerprint density at radius 2 is 1.73 bits per heavy atom. The van der Waals surface area contributed by atoms with Gasteiger partial charge in [-0.25, -0.2) is 12.7 Å². The Morgan fingerprint density at radius 3 is 2.32 bits per heavy atom. The van der Waals surface area contributed by atoms with Crippen molar-refractivity contribution in [2.45, 2.75) is 37.8 Å². The number of piperidine rings is 1. The lowest BCUT2D eigenvalue weighted by Gasteiger charge is -2.39. The summed E-state index contributed by atoms with van der Waals surface area (Å²) in [5, 5.41) is 0. The van der Waals surface area contributed by atoms with Crippen molar-refractivity contribution in [2.24, 2.45) is 0 Å². The third-order valence-electron chi connectivity index (χ3n) is 5.64. The zero-order valence-electron chi connectivity index (χ0n) is 13.8. The molecule has 3 fully saturated rings. The lowest BCUT2D eigenvalue weighted by Crippen LogP contribution is -2.50. The maximum Gasteiger partial charge on any atom is 0.213 e. The molecule has 1 atom stereocenters. The van der Waals surface area contributed by atoms with Crippen LogP contribution in [-0.4, -0.2) is 92.8 Å². The van der Waals surface area contributed by atoms with E-state index in [1.54, 1.807) is 11.2 Å². The first-order valence-electron chi connectivity index (χ1n) is 8.48. The van der Waals surface area contributed by atoms with E-state index in [0.29, 0.717) is 19.1 Å². The van der Waals surface area contributed by atoms with Gasteiger partial charge in [-0.05, 0) is 33.2 Å². The minimum absolute atomic E-state index is 0.0756. The quantitative estimate of drug-likeness (QED) is 0.740. The van der Waals surface area contributed by atoms with Crippen molar-refractivity contribution in [1.82, 2.24) is 14.1 Å². The van der Waals surface area contributed by atoms with Gasteiger partial charge in [0, 0.05) is 45.3 Å². The monoisotopic (exact) mass is 331 g/mol.